The van der Waals surface area contributed by atoms with Gasteiger partial charge in [0.15, 0.2) is 17.8 Å². The smallest absolute Gasteiger partial charge is 0.254 e. The lowest BCUT2D eigenvalue weighted by Gasteiger charge is -2.22. The molecule has 0 saturated carbocycles. The maximum Gasteiger partial charge on any atom is 0.254 e. The second-order valence-electron chi connectivity index (χ2n) is 4.20. The number of carbonyl (C=O) groups is 2. The number of nitrogens with zero attached hydrogens (tertiary/aromatic N) is 1. The van der Waals surface area contributed by atoms with E-state index in [1.807, 2.05) is 13.8 Å². The zero-order valence-electron chi connectivity index (χ0n) is 13.1. The summed E-state index contributed by atoms with van der Waals surface area (Å²) in [5.41, 5.74) is 0.398. The maximum absolute atomic E-state index is 12.5. The van der Waals surface area contributed by atoms with Crippen LogP contribution in [0, 0.1) is 0 Å². The molecule has 0 aliphatic heterocycles. The van der Waals surface area contributed by atoms with Crippen LogP contribution in [0.5, 0.6) is 17.2 Å². The maximum atomic E-state index is 12.5. The molecule has 6 nitrogen and oxygen atoms in total. The molecule has 0 aromatic heterocycles. The number of amides is 1. The average molecular weight is 295 g/mol. The number of hydrogen-bond acceptors (Lipinski definition) is 5. The van der Waals surface area contributed by atoms with Gasteiger partial charge < -0.3 is 19.1 Å². The SMILES string of the molecule is CCN(CC)C(=O)c1cc(OC)c(OC)c(OC)c1C=O. The Morgan fingerprint density at radius 2 is 1.67 bits per heavy atom. The van der Waals surface area contributed by atoms with E-state index < -0.39 is 0 Å². The molecule has 0 fully saturated rings. The zero-order valence-corrected chi connectivity index (χ0v) is 13.1. The number of hydrogen-bond donors (Lipinski definition) is 0. The Morgan fingerprint density at radius 1 is 1.10 bits per heavy atom. The molecule has 0 bridgehead atoms. The highest BCUT2D eigenvalue weighted by Crippen LogP contribution is 2.41. The van der Waals surface area contributed by atoms with E-state index in [4.69, 9.17) is 14.2 Å². The molecule has 0 N–H and O–H groups in total. The van der Waals surface area contributed by atoms with E-state index in [9.17, 15) is 9.59 Å². The standard InChI is InChI=1S/C15H21NO5/c1-6-16(7-2)15(18)10-8-12(19-3)14(21-5)13(20-4)11(10)9-17/h8-9H,6-7H2,1-5H3. The minimum Gasteiger partial charge on any atom is -0.493 e. The average Bonchev–Trinajstić information content (AvgIpc) is 2.53. The second-order valence-corrected chi connectivity index (χ2v) is 4.20. The first-order valence-corrected chi connectivity index (χ1v) is 6.66. The van der Waals surface area contributed by atoms with Gasteiger partial charge in [0.05, 0.1) is 32.5 Å². The molecular formula is C15H21NO5. The number of aldehydes is 1. The van der Waals surface area contributed by atoms with Crippen LogP contribution < -0.4 is 14.2 Å². The van der Waals surface area contributed by atoms with Crippen molar-refractivity contribution in [1.29, 1.82) is 0 Å². The summed E-state index contributed by atoms with van der Waals surface area (Å²) in [6.07, 6.45) is 0.595. The quantitative estimate of drug-likeness (QED) is 0.720. The van der Waals surface area contributed by atoms with Crippen LogP contribution in [0.1, 0.15) is 34.6 Å². The van der Waals surface area contributed by atoms with Crippen LogP contribution in [0.3, 0.4) is 0 Å². The minimum atomic E-state index is -0.249. The van der Waals surface area contributed by atoms with Crippen molar-refractivity contribution in [2.75, 3.05) is 34.4 Å². The highest BCUT2D eigenvalue weighted by Gasteiger charge is 2.25. The van der Waals surface area contributed by atoms with E-state index in [2.05, 4.69) is 0 Å². The fourth-order valence-corrected chi connectivity index (χ4v) is 2.15. The molecule has 0 spiro atoms. The Hall–Kier alpha value is -2.24. The van der Waals surface area contributed by atoms with Crippen LogP contribution in [0.15, 0.2) is 6.07 Å². The van der Waals surface area contributed by atoms with E-state index in [0.29, 0.717) is 25.1 Å². The fraction of sp³-hybridized carbons (Fsp3) is 0.467. The van der Waals surface area contributed by atoms with Crippen molar-refractivity contribution in [1.82, 2.24) is 4.90 Å². The summed E-state index contributed by atoms with van der Waals surface area (Å²) >= 11 is 0. The van der Waals surface area contributed by atoms with Gasteiger partial charge in [-0.25, -0.2) is 0 Å². The Balaban J connectivity index is 3.58. The predicted molar refractivity (Wildman–Crippen MR) is 78.7 cm³/mol. The number of benzene rings is 1. The second kappa shape index (κ2) is 7.52. The normalized spacial score (nSPS) is 9.95. The van der Waals surface area contributed by atoms with E-state index in [1.165, 1.54) is 27.4 Å². The summed E-state index contributed by atoms with van der Waals surface area (Å²) < 4.78 is 15.7. The van der Waals surface area contributed by atoms with Crippen LogP contribution in [0.4, 0.5) is 0 Å². The molecular weight excluding hydrogens is 274 g/mol. The van der Waals surface area contributed by atoms with Crippen molar-refractivity contribution in [3.8, 4) is 17.2 Å². The van der Waals surface area contributed by atoms with Gasteiger partial charge in [-0.05, 0) is 19.9 Å². The van der Waals surface area contributed by atoms with Crippen LogP contribution in [-0.2, 0) is 0 Å². The van der Waals surface area contributed by atoms with Crippen molar-refractivity contribution < 1.29 is 23.8 Å². The summed E-state index contributed by atoms with van der Waals surface area (Å²) in [7, 11) is 4.32. The third-order valence-electron chi connectivity index (χ3n) is 3.27. The van der Waals surface area contributed by atoms with Crippen molar-refractivity contribution in [2.45, 2.75) is 13.8 Å². The van der Waals surface area contributed by atoms with Gasteiger partial charge in [0.25, 0.3) is 5.91 Å². The number of ether oxygens (including phenoxy) is 3. The third-order valence-corrected chi connectivity index (χ3v) is 3.27. The molecule has 21 heavy (non-hydrogen) atoms. The number of carbonyl (C=O) groups excluding carboxylic acids is 2. The molecule has 0 radical (unpaired) electrons. The topological polar surface area (TPSA) is 65.1 Å². The summed E-state index contributed by atoms with van der Waals surface area (Å²) in [6.45, 7) is 4.84. The molecule has 1 rings (SSSR count). The lowest BCUT2D eigenvalue weighted by molar-refractivity contribution is 0.0768. The third kappa shape index (κ3) is 3.09. The van der Waals surface area contributed by atoms with E-state index in [0.717, 1.165) is 0 Å². The van der Waals surface area contributed by atoms with Crippen LogP contribution in [0.2, 0.25) is 0 Å². The number of rotatable bonds is 7. The molecule has 6 heteroatoms. The molecule has 0 heterocycles. The summed E-state index contributed by atoms with van der Waals surface area (Å²) in [6, 6.07) is 1.51. The fourth-order valence-electron chi connectivity index (χ4n) is 2.15. The van der Waals surface area contributed by atoms with Crippen LogP contribution >= 0.6 is 0 Å². The molecule has 0 unspecified atom stereocenters. The van der Waals surface area contributed by atoms with Crippen LogP contribution in [-0.4, -0.2) is 51.5 Å². The molecule has 116 valence electrons. The highest BCUT2D eigenvalue weighted by atomic mass is 16.5. The summed E-state index contributed by atoms with van der Waals surface area (Å²) in [5, 5.41) is 0. The van der Waals surface area contributed by atoms with Crippen molar-refractivity contribution in [3.63, 3.8) is 0 Å². The Bertz CT molecular complexity index is 523. The Morgan fingerprint density at radius 3 is 2.05 bits per heavy atom. The monoisotopic (exact) mass is 295 g/mol. The van der Waals surface area contributed by atoms with Gasteiger partial charge in [0.2, 0.25) is 5.75 Å². The molecule has 0 saturated heterocycles. The highest BCUT2D eigenvalue weighted by molar-refractivity contribution is 6.04. The van der Waals surface area contributed by atoms with Crippen molar-refractivity contribution in [2.24, 2.45) is 0 Å². The largest absolute Gasteiger partial charge is 0.493 e. The van der Waals surface area contributed by atoms with Gasteiger partial charge in [-0.1, -0.05) is 0 Å². The Kier molecular flexibility index (Phi) is 6.02. The summed E-state index contributed by atoms with van der Waals surface area (Å²) in [5.74, 6) is 0.581. The lowest BCUT2D eigenvalue weighted by atomic mass is 10.0. The minimum absolute atomic E-state index is 0.159. The first kappa shape index (κ1) is 16.8. The lowest BCUT2D eigenvalue weighted by Crippen LogP contribution is -2.31. The van der Waals surface area contributed by atoms with Gasteiger partial charge in [-0.15, -0.1) is 0 Å². The first-order chi connectivity index (χ1) is 10.1. The summed E-state index contributed by atoms with van der Waals surface area (Å²) in [4.78, 5) is 25.6. The van der Waals surface area contributed by atoms with Gasteiger partial charge in [-0.3, -0.25) is 9.59 Å². The molecule has 1 amide bonds. The molecule has 1 aromatic rings. The predicted octanol–water partition coefficient (Wildman–Crippen LogP) is 2.01. The van der Waals surface area contributed by atoms with E-state index >= 15 is 0 Å². The molecule has 0 aliphatic carbocycles. The number of methoxy groups -OCH3 is 3. The van der Waals surface area contributed by atoms with Crippen LogP contribution in [0.25, 0.3) is 0 Å². The van der Waals surface area contributed by atoms with Crippen molar-refractivity contribution in [3.05, 3.63) is 17.2 Å². The molecule has 1 aromatic carbocycles. The van der Waals surface area contributed by atoms with Gasteiger partial charge in [0.1, 0.15) is 0 Å². The zero-order chi connectivity index (χ0) is 16.0. The van der Waals surface area contributed by atoms with Gasteiger partial charge in [0, 0.05) is 13.1 Å². The first-order valence-electron chi connectivity index (χ1n) is 6.66. The Labute approximate surface area is 124 Å². The van der Waals surface area contributed by atoms with Crippen molar-refractivity contribution >= 4 is 12.2 Å². The molecule has 0 aliphatic rings. The van der Waals surface area contributed by atoms with E-state index in [1.54, 1.807) is 4.90 Å². The van der Waals surface area contributed by atoms with Gasteiger partial charge >= 0.3 is 0 Å². The molecule has 0 atom stereocenters. The van der Waals surface area contributed by atoms with Gasteiger partial charge in [-0.2, -0.15) is 0 Å². The van der Waals surface area contributed by atoms with E-state index in [-0.39, 0.29) is 28.5 Å².